The van der Waals surface area contributed by atoms with Crippen LogP contribution in [0.1, 0.15) is 24.8 Å². The number of nitrogens with one attached hydrogen (secondary N) is 2. The molecule has 1 saturated heterocycles. The van der Waals surface area contributed by atoms with Crippen LogP contribution in [0.3, 0.4) is 0 Å². The van der Waals surface area contributed by atoms with Crippen molar-refractivity contribution in [3.63, 3.8) is 0 Å². The molecule has 0 aliphatic carbocycles. The van der Waals surface area contributed by atoms with E-state index in [0.717, 1.165) is 24.4 Å². The summed E-state index contributed by atoms with van der Waals surface area (Å²) in [6, 6.07) is 7.53. The van der Waals surface area contributed by atoms with Crippen LogP contribution in [0.5, 0.6) is 0 Å². The van der Waals surface area contributed by atoms with Crippen LogP contribution in [-0.4, -0.2) is 36.2 Å². The lowest BCUT2D eigenvalue weighted by Crippen LogP contribution is -2.53. The Morgan fingerprint density at radius 2 is 2.15 bits per heavy atom. The summed E-state index contributed by atoms with van der Waals surface area (Å²) in [7, 11) is 0. The lowest BCUT2D eigenvalue weighted by Gasteiger charge is -2.29. The number of aliphatic hydroxyl groups is 1. The van der Waals surface area contributed by atoms with Crippen molar-refractivity contribution >= 4 is 17.5 Å². The van der Waals surface area contributed by atoms with Gasteiger partial charge in [-0.05, 0) is 43.5 Å². The fourth-order valence-electron chi connectivity index (χ4n) is 2.38. The molecular weight excluding hydrogens is 276 g/mol. The van der Waals surface area contributed by atoms with Crippen LogP contribution in [0, 0.1) is 0 Å². The quantitative estimate of drug-likeness (QED) is 0.772. The van der Waals surface area contributed by atoms with Crippen molar-refractivity contribution < 1.29 is 9.90 Å². The van der Waals surface area contributed by atoms with Gasteiger partial charge < -0.3 is 15.7 Å². The highest BCUT2D eigenvalue weighted by Gasteiger charge is 2.23. The number of aliphatic hydroxyl groups excluding tert-OH is 1. The van der Waals surface area contributed by atoms with Gasteiger partial charge in [0.1, 0.15) is 0 Å². The molecule has 5 heteroatoms. The lowest BCUT2D eigenvalue weighted by atomic mass is 10.0. The molecule has 1 aromatic carbocycles. The summed E-state index contributed by atoms with van der Waals surface area (Å²) in [5, 5.41) is 16.6. The molecule has 0 unspecified atom stereocenters. The molecule has 2 atom stereocenters. The third-order valence-corrected chi connectivity index (χ3v) is 3.83. The van der Waals surface area contributed by atoms with Crippen LogP contribution in [0.2, 0.25) is 5.02 Å². The van der Waals surface area contributed by atoms with Gasteiger partial charge in [0.05, 0.1) is 12.1 Å². The minimum atomic E-state index is -0.434. The summed E-state index contributed by atoms with van der Waals surface area (Å²) in [4.78, 5) is 11.8. The van der Waals surface area contributed by atoms with Gasteiger partial charge in [-0.25, -0.2) is 0 Å². The number of benzene rings is 1. The van der Waals surface area contributed by atoms with Gasteiger partial charge in [-0.1, -0.05) is 23.7 Å². The molecule has 0 spiro atoms. The number of halogens is 1. The third kappa shape index (κ3) is 4.78. The molecule has 0 radical (unpaired) electrons. The molecule has 0 saturated carbocycles. The number of aryl methyl sites for hydroxylation is 1. The zero-order valence-electron chi connectivity index (χ0n) is 11.4. The van der Waals surface area contributed by atoms with Crippen LogP contribution in [0.25, 0.3) is 0 Å². The Labute approximate surface area is 124 Å². The van der Waals surface area contributed by atoms with Crippen molar-refractivity contribution in [2.75, 3.05) is 13.1 Å². The van der Waals surface area contributed by atoms with Crippen molar-refractivity contribution in [3.05, 3.63) is 34.9 Å². The van der Waals surface area contributed by atoms with E-state index in [1.165, 1.54) is 5.56 Å². The van der Waals surface area contributed by atoms with Crippen LogP contribution in [-0.2, 0) is 11.2 Å². The van der Waals surface area contributed by atoms with E-state index in [1.54, 1.807) is 0 Å². The molecule has 1 aromatic rings. The van der Waals surface area contributed by atoms with Gasteiger partial charge in [0.15, 0.2) is 0 Å². The molecule has 0 bridgehead atoms. The Hall–Kier alpha value is -1.10. The largest absolute Gasteiger partial charge is 0.391 e. The Morgan fingerprint density at radius 1 is 1.40 bits per heavy atom. The highest BCUT2D eigenvalue weighted by Crippen LogP contribution is 2.12. The van der Waals surface area contributed by atoms with Gasteiger partial charge in [-0.15, -0.1) is 0 Å². The van der Waals surface area contributed by atoms with E-state index in [1.807, 2.05) is 24.3 Å². The van der Waals surface area contributed by atoms with Gasteiger partial charge in [-0.2, -0.15) is 0 Å². The molecule has 0 aromatic heterocycles. The third-order valence-electron chi connectivity index (χ3n) is 3.57. The van der Waals surface area contributed by atoms with Crippen LogP contribution >= 0.6 is 11.6 Å². The number of rotatable bonds is 5. The smallest absolute Gasteiger partial charge is 0.220 e. The van der Waals surface area contributed by atoms with Crippen molar-refractivity contribution in [1.82, 2.24) is 10.6 Å². The van der Waals surface area contributed by atoms with Gasteiger partial charge in [0.2, 0.25) is 5.91 Å². The van der Waals surface area contributed by atoms with E-state index < -0.39 is 6.10 Å². The van der Waals surface area contributed by atoms with E-state index in [-0.39, 0.29) is 11.9 Å². The highest BCUT2D eigenvalue weighted by molar-refractivity contribution is 6.30. The first-order valence-corrected chi connectivity index (χ1v) is 7.45. The van der Waals surface area contributed by atoms with Crippen molar-refractivity contribution in [2.45, 2.75) is 37.8 Å². The first-order chi connectivity index (χ1) is 9.65. The van der Waals surface area contributed by atoms with Crippen LogP contribution in [0.15, 0.2) is 24.3 Å². The second-order valence-corrected chi connectivity index (χ2v) is 5.65. The molecule has 110 valence electrons. The summed E-state index contributed by atoms with van der Waals surface area (Å²) in [6.45, 7) is 1.45. The fraction of sp³-hybridized carbons (Fsp3) is 0.533. The normalized spacial score (nSPS) is 22.5. The summed E-state index contributed by atoms with van der Waals surface area (Å²) in [5.74, 6) is 0.00622. The average molecular weight is 297 g/mol. The fourth-order valence-corrected chi connectivity index (χ4v) is 2.50. The first-order valence-electron chi connectivity index (χ1n) is 7.08. The maximum atomic E-state index is 11.8. The van der Waals surface area contributed by atoms with Crippen LogP contribution < -0.4 is 10.6 Å². The molecule has 1 amide bonds. The lowest BCUT2D eigenvalue weighted by molar-refractivity contribution is -0.122. The monoisotopic (exact) mass is 296 g/mol. The number of carbonyl (C=O) groups excluding carboxylic acids is 1. The predicted octanol–water partition coefficient (Wildman–Crippen LogP) is 1.50. The van der Waals surface area contributed by atoms with E-state index in [9.17, 15) is 9.90 Å². The second kappa shape index (κ2) is 7.62. The average Bonchev–Trinajstić information content (AvgIpc) is 2.44. The number of hydrogen-bond acceptors (Lipinski definition) is 3. The van der Waals surface area contributed by atoms with Crippen molar-refractivity contribution in [3.8, 4) is 0 Å². The second-order valence-electron chi connectivity index (χ2n) is 5.21. The zero-order valence-corrected chi connectivity index (χ0v) is 12.2. The van der Waals surface area contributed by atoms with Gasteiger partial charge in [-0.3, -0.25) is 4.79 Å². The molecule has 1 heterocycles. The van der Waals surface area contributed by atoms with E-state index in [0.29, 0.717) is 19.4 Å². The summed E-state index contributed by atoms with van der Waals surface area (Å²) < 4.78 is 0. The maximum absolute atomic E-state index is 11.8. The SMILES string of the molecule is O=C(CCCc1ccc(Cl)cc1)N[C@@H]1CNCC[C@H]1O. The topological polar surface area (TPSA) is 61.4 Å². The molecule has 1 fully saturated rings. The number of hydrogen-bond donors (Lipinski definition) is 3. The van der Waals surface area contributed by atoms with E-state index >= 15 is 0 Å². The van der Waals surface area contributed by atoms with Crippen molar-refractivity contribution in [2.24, 2.45) is 0 Å². The molecule has 1 aliphatic heterocycles. The highest BCUT2D eigenvalue weighted by atomic mass is 35.5. The molecule has 20 heavy (non-hydrogen) atoms. The molecule has 4 nitrogen and oxygen atoms in total. The zero-order chi connectivity index (χ0) is 14.4. The summed E-state index contributed by atoms with van der Waals surface area (Å²) in [6.07, 6.45) is 2.39. The Kier molecular flexibility index (Phi) is 5.83. The minimum Gasteiger partial charge on any atom is -0.391 e. The Bertz CT molecular complexity index is 436. The maximum Gasteiger partial charge on any atom is 0.220 e. The summed E-state index contributed by atoms with van der Waals surface area (Å²) >= 11 is 5.82. The standard InChI is InChI=1S/C15H21ClN2O2/c16-12-6-4-11(5-7-12)2-1-3-15(20)18-13-10-17-9-8-14(13)19/h4-7,13-14,17,19H,1-3,8-10H2,(H,18,20)/t13-,14-/m1/s1. The van der Waals surface area contributed by atoms with Crippen LogP contribution in [0.4, 0.5) is 0 Å². The van der Waals surface area contributed by atoms with Crippen molar-refractivity contribution in [1.29, 1.82) is 0 Å². The molecule has 2 rings (SSSR count). The summed E-state index contributed by atoms with van der Waals surface area (Å²) in [5.41, 5.74) is 1.18. The Morgan fingerprint density at radius 3 is 2.85 bits per heavy atom. The van der Waals surface area contributed by atoms with Gasteiger partial charge in [0.25, 0.3) is 0 Å². The molecular formula is C15H21ClN2O2. The van der Waals surface area contributed by atoms with Gasteiger partial charge >= 0.3 is 0 Å². The number of piperidine rings is 1. The first kappa shape index (κ1) is 15.3. The molecule has 1 aliphatic rings. The van der Waals surface area contributed by atoms with Gasteiger partial charge in [0, 0.05) is 18.0 Å². The number of carbonyl (C=O) groups is 1. The van der Waals surface area contributed by atoms with E-state index in [4.69, 9.17) is 11.6 Å². The Balaban J connectivity index is 1.68. The van der Waals surface area contributed by atoms with E-state index in [2.05, 4.69) is 10.6 Å². The predicted molar refractivity (Wildman–Crippen MR) is 79.8 cm³/mol. The number of amides is 1. The minimum absolute atomic E-state index is 0.00622. The molecule has 3 N–H and O–H groups in total.